The highest BCUT2D eigenvalue weighted by Crippen LogP contribution is 2.08. The second-order valence-electron chi connectivity index (χ2n) is 4.81. The van der Waals surface area contributed by atoms with E-state index in [0.717, 1.165) is 11.3 Å². The van der Waals surface area contributed by atoms with Gasteiger partial charge < -0.3 is 10.4 Å². The summed E-state index contributed by atoms with van der Waals surface area (Å²) in [6, 6.07) is 9.73. The van der Waals surface area contributed by atoms with Crippen LogP contribution in [0.2, 0.25) is 0 Å². The van der Waals surface area contributed by atoms with Crippen LogP contribution in [0.3, 0.4) is 0 Å². The van der Waals surface area contributed by atoms with Crippen LogP contribution in [0, 0.1) is 0 Å². The smallest absolute Gasteiger partial charge is 0.244 e. The zero-order valence-electron chi connectivity index (χ0n) is 11.9. The molecule has 1 aromatic carbocycles. The fourth-order valence-corrected chi connectivity index (χ4v) is 1.87. The molecule has 0 radical (unpaired) electrons. The van der Waals surface area contributed by atoms with Crippen molar-refractivity contribution in [2.45, 2.75) is 19.4 Å². The first-order valence-electron chi connectivity index (χ1n) is 6.88. The standard InChI is InChI=1S/C16H19N3O2/c1-13(9-10-20)18-16(21)8-7-14-11-17-19(12-14)15-5-3-2-4-6-15/h2-8,11-13,20H,9-10H2,1H3,(H,18,21)/b8-7+. The number of aromatic nitrogens is 2. The van der Waals surface area contributed by atoms with Gasteiger partial charge in [-0.15, -0.1) is 0 Å². The Bertz CT molecular complexity index is 605. The molecule has 0 aliphatic rings. The van der Waals surface area contributed by atoms with Crippen molar-refractivity contribution in [3.8, 4) is 5.69 Å². The van der Waals surface area contributed by atoms with Crippen LogP contribution in [0.5, 0.6) is 0 Å². The molecule has 5 nitrogen and oxygen atoms in total. The van der Waals surface area contributed by atoms with E-state index >= 15 is 0 Å². The topological polar surface area (TPSA) is 67.2 Å². The van der Waals surface area contributed by atoms with Gasteiger partial charge in [-0.2, -0.15) is 5.10 Å². The predicted molar refractivity (Wildman–Crippen MR) is 81.9 cm³/mol. The van der Waals surface area contributed by atoms with Gasteiger partial charge in [-0.1, -0.05) is 18.2 Å². The van der Waals surface area contributed by atoms with E-state index in [1.165, 1.54) is 6.08 Å². The number of nitrogens with zero attached hydrogens (tertiary/aromatic N) is 2. The molecule has 1 aromatic heterocycles. The van der Waals surface area contributed by atoms with Gasteiger partial charge in [0.25, 0.3) is 0 Å². The summed E-state index contributed by atoms with van der Waals surface area (Å²) in [4.78, 5) is 11.7. The van der Waals surface area contributed by atoms with Crippen LogP contribution in [-0.4, -0.2) is 33.4 Å². The number of benzene rings is 1. The first kappa shape index (κ1) is 15.0. The fourth-order valence-electron chi connectivity index (χ4n) is 1.87. The monoisotopic (exact) mass is 285 g/mol. The summed E-state index contributed by atoms with van der Waals surface area (Å²) in [5, 5.41) is 15.8. The number of hydrogen-bond donors (Lipinski definition) is 2. The summed E-state index contributed by atoms with van der Waals surface area (Å²) in [5.41, 5.74) is 1.82. The Kier molecular flexibility index (Phi) is 5.29. The molecular formula is C16H19N3O2. The number of carbonyl (C=O) groups excluding carboxylic acids is 1. The van der Waals surface area contributed by atoms with Crippen molar-refractivity contribution < 1.29 is 9.90 Å². The number of nitrogens with one attached hydrogen (secondary N) is 1. The molecule has 2 N–H and O–H groups in total. The van der Waals surface area contributed by atoms with Gasteiger partial charge >= 0.3 is 0 Å². The third-order valence-electron chi connectivity index (χ3n) is 3.00. The zero-order valence-corrected chi connectivity index (χ0v) is 11.9. The average molecular weight is 285 g/mol. The van der Waals surface area contributed by atoms with E-state index in [1.807, 2.05) is 43.5 Å². The van der Waals surface area contributed by atoms with E-state index in [1.54, 1.807) is 17.0 Å². The van der Waals surface area contributed by atoms with Crippen LogP contribution >= 0.6 is 0 Å². The minimum absolute atomic E-state index is 0.0424. The molecule has 110 valence electrons. The van der Waals surface area contributed by atoms with Gasteiger partial charge in [-0.25, -0.2) is 4.68 Å². The third-order valence-corrected chi connectivity index (χ3v) is 3.00. The predicted octanol–water partition coefficient (Wildman–Crippen LogP) is 1.77. The van der Waals surface area contributed by atoms with Gasteiger partial charge in [0, 0.05) is 30.5 Å². The van der Waals surface area contributed by atoms with E-state index in [4.69, 9.17) is 5.11 Å². The molecule has 1 atom stereocenters. The lowest BCUT2D eigenvalue weighted by Crippen LogP contribution is -2.31. The number of aliphatic hydroxyl groups excluding tert-OH is 1. The zero-order chi connectivity index (χ0) is 15.1. The normalized spacial score (nSPS) is 12.5. The molecule has 21 heavy (non-hydrogen) atoms. The highest BCUT2D eigenvalue weighted by atomic mass is 16.3. The highest BCUT2D eigenvalue weighted by Gasteiger charge is 2.03. The van der Waals surface area contributed by atoms with Gasteiger partial charge in [0.1, 0.15) is 0 Å². The highest BCUT2D eigenvalue weighted by molar-refractivity contribution is 5.91. The Morgan fingerprint density at radius 2 is 2.19 bits per heavy atom. The Morgan fingerprint density at radius 3 is 2.90 bits per heavy atom. The number of para-hydroxylation sites is 1. The van der Waals surface area contributed by atoms with Gasteiger partial charge in [-0.05, 0) is 31.6 Å². The van der Waals surface area contributed by atoms with Crippen LogP contribution in [0.1, 0.15) is 18.9 Å². The second kappa shape index (κ2) is 7.40. The number of hydrogen-bond acceptors (Lipinski definition) is 3. The number of aliphatic hydroxyl groups is 1. The maximum atomic E-state index is 11.7. The molecule has 0 aliphatic heterocycles. The average Bonchev–Trinajstić information content (AvgIpc) is 2.95. The van der Waals surface area contributed by atoms with Crippen molar-refractivity contribution >= 4 is 12.0 Å². The summed E-state index contributed by atoms with van der Waals surface area (Å²) < 4.78 is 1.76. The summed E-state index contributed by atoms with van der Waals surface area (Å²) >= 11 is 0. The Morgan fingerprint density at radius 1 is 1.43 bits per heavy atom. The van der Waals surface area contributed by atoms with E-state index < -0.39 is 0 Å². The largest absolute Gasteiger partial charge is 0.396 e. The number of carbonyl (C=O) groups is 1. The first-order chi connectivity index (χ1) is 10.2. The molecule has 2 aromatic rings. The molecule has 0 bridgehead atoms. The van der Waals surface area contributed by atoms with Crippen molar-refractivity contribution in [3.05, 3.63) is 54.4 Å². The minimum Gasteiger partial charge on any atom is -0.396 e. The van der Waals surface area contributed by atoms with Crippen LogP contribution < -0.4 is 5.32 Å². The Labute approximate surface area is 123 Å². The summed E-state index contributed by atoms with van der Waals surface area (Å²) in [5.74, 6) is -0.177. The minimum atomic E-state index is -0.177. The Hall–Kier alpha value is -2.40. The van der Waals surface area contributed by atoms with E-state index in [2.05, 4.69) is 10.4 Å². The molecule has 0 saturated heterocycles. The molecule has 0 spiro atoms. The Balaban J connectivity index is 1.96. The fraction of sp³-hybridized carbons (Fsp3) is 0.250. The van der Waals surface area contributed by atoms with Crippen molar-refractivity contribution in [1.82, 2.24) is 15.1 Å². The molecule has 0 saturated carbocycles. The van der Waals surface area contributed by atoms with Crippen molar-refractivity contribution in [2.24, 2.45) is 0 Å². The molecule has 1 heterocycles. The van der Waals surface area contributed by atoms with Crippen molar-refractivity contribution in [3.63, 3.8) is 0 Å². The van der Waals surface area contributed by atoms with Gasteiger partial charge in [0.05, 0.1) is 11.9 Å². The maximum Gasteiger partial charge on any atom is 0.244 e. The number of amides is 1. The van der Waals surface area contributed by atoms with Gasteiger partial charge in [0.15, 0.2) is 0 Å². The van der Waals surface area contributed by atoms with Gasteiger partial charge in [-0.3, -0.25) is 4.79 Å². The van der Waals surface area contributed by atoms with Crippen LogP contribution in [-0.2, 0) is 4.79 Å². The van der Waals surface area contributed by atoms with E-state index in [0.29, 0.717) is 6.42 Å². The lowest BCUT2D eigenvalue weighted by Gasteiger charge is -2.09. The van der Waals surface area contributed by atoms with Crippen LogP contribution in [0.25, 0.3) is 11.8 Å². The molecular weight excluding hydrogens is 266 g/mol. The molecule has 1 unspecified atom stereocenters. The molecule has 2 rings (SSSR count). The summed E-state index contributed by atoms with van der Waals surface area (Å²) in [6.45, 7) is 1.92. The molecule has 0 fully saturated rings. The quantitative estimate of drug-likeness (QED) is 0.795. The molecule has 0 aliphatic carbocycles. The summed E-state index contributed by atoms with van der Waals surface area (Å²) in [7, 11) is 0. The first-order valence-corrected chi connectivity index (χ1v) is 6.88. The van der Waals surface area contributed by atoms with Gasteiger partial charge in [0.2, 0.25) is 5.91 Å². The SMILES string of the molecule is CC(CCO)NC(=O)/C=C/c1cnn(-c2ccccc2)c1. The number of rotatable bonds is 6. The van der Waals surface area contributed by atoms with E-state index in [-0.39, 0.29) is 18.6 Å². The third kappa shape index (κ3) is 4.57. The van der Waals surface area contributed by atoms with Crippen molar-refractivity contribution in [2.75, 3.05) is 6.61 Å². The summed E-state index contributed by atoms with van der Waals surface area (Å²) in [6.07, 6.45) is 7.30. The molecule has 1 amide bonds. The lowest BCUT2D eigenvalue weighted by molar-refractivity contribution is -0.117. The molecule has 5 heteroatoms. The van der Waals surface area contributed by atoms with Crippen LogP contribution in [0.4, 0.5) is 0 Å². The van der Waals surface area contributed by atoms with E-state index in [9.17, 15) is 4.79 Å². The maximum absolute atomic E-state index is 11.7. The second-order valence-corrected chi connectivity index (χ2v) is 4.81. The lowest BCUT2D eigenvalue weighted by atomic mass is 10.2. The van der Waals surface area contributed by atoms with Crippen molar-refractivity contribution in [1.29, 1.82) is 0 Å². The van der Waals surface area contributed by atoms with Crippen LogP contribution in [0.15, 0.2) is 48.8 Å².